The molecule has 22 heavy (non-hydrogen) atoms. The number of carboxylic acids is 1. The molecule has 116 valence electrons. The van der Waals surface area contributed by atoms with Crippen molar-refractivity contribution >= 4 is 29.0 Å². The fourth-order valence-corrected chi connectivity index (χ4v) is 2.73. The van der Waals surface area contributed by atoms with E-state index in [4.69, 9.17) is 9.47 Å². The lowest BCUT2D eigenvalue weighted by Gasteiger charge is -2.11. The van der Waals surface area contributed by atoms with Gasteiger partial charge >= 0.3 is 5.97 Å². The van der Waals surface area contributed by atoms with Gasteiger partial charge in [0.2, 0.25) is 0 Å². The first kappa shape index (κ1) is 16.1. The molecule has 1 N–H and O–H groups in total. The minimum Gasteiger partial charge on any atom is -0.494 e. The van der Waals surface area contributed by atoms with Crippen LogP contribution in [-0.4, -0.2) is 24.3 Å². The van der Waals surface area contributed by atoms with E-state index in [1.165, 1.54) is 11.3 Å². The van der Waals surface area contributed by atoms with Crippen molar-refractivity contribution in [1.82, 2.24) is 0 Å². The lowest BCUT2D eigenvalue weighted by Crippen LogP contribution is -2.00. The maximum absolute atomic E-state index is 11.5. The van der Waals surface area contributed by atoms with Crippen molar-refractivity contribution in [1.29, 1.82) is 0 Å². The Morgan fingerprint density at radius 2 is 2.00 bits per heavy atom. The van der Waals surface area contributed by atoms with Crippen LogP contribution in [0.15, 0.2) is 35.7 Å². The monoisotopic (exact) mass is 318 g/mol. The van der Waals surface area contributed by atoms with Crippen molar-refractivity contribution in [2.24, 2.45) is 0 Å². The number of carbonyl (C=O) groups is 1. The molecule has 0 aliphatic heterocycles. The summed E-state index contributed by atoms with van der Waals surface area (Å²) in [5.41, 5.74) is 0.969. The van der Waals surface area contributed by atoms with Crippen LogP contribution in [0, 0.1) is 0 Å². The van der Waals surface area contributed by atoms with E-state index in [1.54, 1.807) is 18.2 Å². The molecule has 0 amide bonds. The van der Waals surface area contributed by atoms with Gasteiger partial charge in [-0.1, -0.05) is 6.07 Å². The lowest BCUT2D eigenvalue weighted by molar-refractivity contribution is -0.130. The predicted octanol–water partition coefficient (Wildman–Crippen LogP) is 4.17. The van der Waals surface area contributed by atoms with Gasteiger partial charge in [0.1, 0.15) is 11.5 Å². The SMILES string of the molecule is CCOc1ccc(/C=C(\C(=O)O)c2cccs2)c(OCC)c1. The third kappa shape index (κ3) is 3.89. The largest absolute Gasteiger partial charge is 0.494 e. The molecule has 0 aliphatic rings. The van der Waals surface area contributed by atoms with Crippen LogP contribution in [0.2, 0.25) is 0 Å². The van der Waals surface area contributed by atoms with E-state index < -0.39 is 5.97 Å². The Balaban J connectivity index is 2.45. The van der Waals surface area contributed by atoms with Crippen molar-refractivity contribution < 1.29 is 19.4 Å². The highest BCUT2D eigenvalue weighted by Gasteiger charge is 2.13. The first-order chi connectivity index (χ1) is 10.7. The van der Waals surface area contributed by atoms with E-state index in [0.29, 0.717) is 29.6 Å². The first-order valence-electron chi connectivity index (χ1n) is 7.04. The van der Waals surface area contributed by atoms with Gasteiger partial charge < -0.3 is 14.6 Å². The van der Waals surface area contributed by atoms with Crippen molar-refractivity contribution in [3.05, 3.63) is 46.2 Å². The molecule has 0 spiro atoms. The van der Waals surface area contributed by atoms with Crippen LogP contribution in [0.1, 0.15) is 24.3 Å². The van der Waals surface area contributed by atoms with Gasteiger partial charge in [-0.05, 0) is 43.5 Å². The van der Waals surface area contributed by atoms with Crippen molar-refractivity contribution in [3.63, 3.8) is 0 Å². The summed E-state index contributed by atoms with van der Waals surface area (Å²) in [6, 6.07) is 9.03. The fraction of sp³-hybridized carbons (Fsp3) is 0.235. The zero-order valence-electron chi connectivity index (χ0n) is 12.5. The molecule has 0 aliphatic carbocycles. The second-order valence-electron chi connectivity index (χ2n) is 4.41. The zero-order chi connectivity index (χ0) is 15.9. The highest BCUT2D eigenvalue weighted by Crippen LogP contribution is 2.30. The molecule has 0 fully saturated rings. The van der Waals surface area contributed by atoms with Crippen molar-refractivity contribution in [3.8, 4) is 11.5 Å². The van der Waals surface area contributed by atoms with E-state index in [9.17, 15) is 9.90 Å². The smallest absolute Gasteiger partial charge is 0.337 e. The first-order valence-corrected chi connectivity index (χ1v) is 7.92. The highest BCUT2D eigenvalue weighted by molar-refractivity contribution is 7.11. The summed E-state index contributed by atoms with van der Waals surface area (Å²) < 4.78 is 11.1. The molecule has 0 saturated carbocycles. The van der Waals surface area contributed by atoms with E-state index in [-0.39, 0.29) is 5.57 Å². The number of carboxylic acid groups (broad SMARTS) is 1. The quantitative estimate of drug-likeness (QED) is 0.778. The molecule has 0 atom stereocenters. The molecule has 1 heterocycles. The Bertz CT molecular complexity index is 659. The van der Waals surface area contributed by atoms with Gasteiger partial charge in [0, 0.05) is 16.5 Å². The van der Waals surface area contributed by atoms with Gasteiger partial charge in [-0.15, -0.1) is 11.3 Å². The van der Waals surface area contributed by atoms with Crippen LogP contribution in [-0.2, 0) is 4.79 Å². The Kier molecular flexibility index (Phi) is 5.61. The van der Waals surface area contributed by atoms with E-state index in [0.717, 1.165) is 5.56 Å². The van der Waals surface area contributed by atoms with Crippen molar-refractivity contribution in [2.75, 3.05) is 13.2 Å². The van der Waals surface area contributed by atoms with Crippen molar-refractivity contribution in [2.45, 2.75) is 13.8 Å². The van der Waals surface area contributed by atoms with Gasteiger partial charge in [-0.25, -0.2) is 4.79 Å². The number of benzene rings is 1. The van der Waals surface area contributed by atoms with Crippen LogP contribution >= 0.6 is 11.3 Å². The molecular weight excluding hydrogens is 300 g/mol. The van der Waals surface area contributed by atoms with Crippen LogP contribution < -0.4 is 9.47 Å². The Labute approximate surface area is 133 Å². The molecule has 0 radical (unpaired) electrons. The highest BCUT2D eigenvalue weighted by atomic mass is 32.1. The second-order valence-corrected chi connectivity index (χ2v) is 5.35. The molecule has 5 heteroatoms. The summed E-state index contributed by atoms with van der Waals surface area (Å²) >= 11 is 1.39. The van der Waals surface area contributed by atoms with Gasteiger partial charge in [0.05, 0.1) is 18.8 Å². The normalized spacial score (nSPS) is 11.3. The summed E-state index contributed by atoms with van der Waals surface area (Å²) in [6.45, 7) is 4.86. The van der Waals surface area contributed by atoms with Gasteiger partial charge in [0.25, 0.3) is 0 Å². The summed E-state index contributed by atoms with van der Waals surface area (Å²) in [6.07, 6.45) is 1.63. The number of rotatable bonds is 7. The van der Waals surface area contributed by atoms with Gasteiger partial charge in [-0.2, -0.15) is 0 Å². The average Bonchev–Trinajstić information content (AvgIpc) is 3.00. The summed E-state index contributed by atoms with van der Waals surface area (Å²) in [7, 11) is 0. The molecule has 4 nitrogen and oxygen atoms in total. The standard InChI is InChI=1S/C17H18O4S/c1-3-20-13-8-7-12(15(11-13)21-4-2)10-14(17(18)19)16-6-5-9-22-16/h5-11H,3-4H2,1-2H3,(H,18,19)/b14-10-. The average molecular weight is 318 g/mol. The predicted molar refractivity (Wildman–Crippen MR) is 88.6 cm³/mol. The Morgan fingerprint density at radius 1 is 1.23 bits per heavy atom. The Morgan fingerprint density at radius 3 is 2.59 bits per heavy atom. The number of hydrogen-bond donors (Lipinski definition) is 1. The zero-order valence-corrected chi connectivity index (χ0v) is 13.4. The van der Waals surface area contributed by atoms with E-state index in [1.807, 2.05) is 37.4 Å². The summed E-state index contributed by atoms with van der Waals surface area (Å²) in [5.74, 6) is 0.360. The third-order valence-electron chi connectivity index (χ3n) is 2.91. The maximum Gasteiger partial charge on any atom is 0.337 e. The molecule has 1 aromatic carbocycles. The molecule has 0 saturated heterocycles. The number of ether oxygens (including phenoxy) is 2. The van der Waals surface area contributed by atoms with Crippen LogP contribution in [0.5, 0.6) is 11.5 Å². The summed E-state index contributed by atoms with van der Waals surface area (Å²) in [4.78, 5) is 12.2. The van der Waals surface area contributed by atoms with E-state index in [2.05, 4.69) is 0 Å². The molecule has 2 rings (SSSR count). The van der Waals surface area contributed by atoms with Gasteiger partial charge in [0.15, 0.2) is 0 Å². The third-order valence-corrected chi connectivity index (χ3v) is 3.82. The fourth-order valence-electron chi connectivity index (χ4n) is 2.00. The van der Waals surface area contributed by atoms with Crippen LogP contribution in [0.25, 0.3) is 11.6 Å². The minimum absolute atomic E-state index is 0.250. The molecule has 0 bridgehead atoms. The number of hydrogen-bond acceptors (Lipinski definition) is 4. The number of aliphatic carboxylic acids is 1. The lowest BCUT2D eigenvalue weighted by atomic mass is 10.1. The topological polar surface area (TPSA) is 55.8 Å². The van der Waals surface area contributed by atoms with Gasteiger partial charge in [-0.3, -0.25) is 0 Å². The summed E-state index contributed by atoms with van der Waals surface area (Å²) in [5, 5.41) is 11.3. The molecule has 1 aromatic heterocycles. The number of thiophene rings is 1. The van der Waals surface area contributed by atoms with Crippen LogP contribution in [0.4, 0.5) is 0 Å². The van der Waals surface area contributed by atoms with E-state index >= 15 is 0 Å². The maximum atomic E-state index is 11.5. The molecule has 0 unspecified atom stereocenters. The minimum atomic E-state index is -0.959. The molecule has 2 aromatic rings. The second kappa shape index (κ2) is 7.66. The molecular formula is C17H18O4S. The Hall–Kier alpha value is -2.27. The van der Waals surface area contributed by atoms with Crippen LogP contribution in [0.3, 0.4) is 0 Å².